The Labute approximate surface area is 146 Å². The summed E-state index contributed by atoms with van der Waals surface area (Å²) >= 11 is 0. The fourth-order valence-corrected chi connectivity index (χ4v) is 3.20. The number of hydrogen-bond donors (Lipinski definition) is 1. The van der Waals surface area contributed by atoms with Crippen molar-refractivity contribution in [2.75, 3.05) is 6.54 Å². The quantitative estimate of drug-likeness (QED) is 0.910. The third kappa shape index (κ3) is 3.71. The van der Waals surface area contributed by atoms with E-state index in [1.807, 2.05) is 31.2 Å². The van der Waals surface area contributed by atoms with E-state index >= 15 is 0 Å². The molecule has 1 aliphatic rings. The van der Waals surface area contributed by atoms with Crippen LogP contribution in [0.1, 0.15) is 36.1 Å². The Kier molecular flexibility index (Phi) is 5.12. The standard InChI is InChI=1S/C20H21FN2O2/c1-2-11-23-18(24)12-15-5-3-4-6-17(15)19(23)20(25)22-13-14-7-9-16(21)10-8-14/h3-10,19H,2,11-13H2,1H3,(H,22,25). The molecule has 0 bridgehead atoms. The highest BCUT2D eigenvalue weighted by molar-refractivity contribution is 5.92. The van der Waals surface area contributed by atoms with Crippen molar-refractivity contribution in [1.82, 2.24) is 10.2 Å². The molecule has 25 heavy (non-hydrogen) atoms. The van der Waals surface area contributed by atoms with Gasteiger partial charge in [-0.2, -0.15) is 0 Å². The monoisotopic (exact) mass is 340 g/mol. The van der Waals surface area contributed by atoms with Crippen LogP contribution in [0.4, 0.5) is 4.39 Å². The number of halogens is 1. The highest BCUT2D eigenvalue weighted by Gasteiger charge is 2.36. The van der Waals surface area contributed by atoms with Crippen LogP contribution in [0.25, 0.3) is 0 Å². The highest BCUT2D eigenvalue weighted by atomic mass is 19.1. The van der Waals surface area contributed by atoms with E-state index in [-0.39, 0.29) is 17.6 Å². The maximum atomic E-state index is 13.0. The number of fused-ring (bicyclic) bond motifs is 1. The Morgan fingerprint density at radius 1 is 1.20 bits per heavy atom. The van der Waals surface area contributed by atoms with Gasteiger partial charge in [0.05, 0.1) is 6.42 Å². The van der Waals surface area contributed by atoms with Gasteiger partial charge in [0.25, 0.3) is 0 Å². The van der Waals surface area contributed by atoms with Crippen LogP contribution in [0.3, 0.4) is 0 Å². The van der Waals surface area contributed by atoms with Crippen LogP contribution in [0.5, 0.6) is 0 Å². The molecular weight excluding hydrogens is 319 g/mol. The summed E-state index contributed by atoms with van der Waals surface area (Å²) in [6, 6.07) is 13.0. The predicted molar refractivity (Wildman–Crippen MR) is 93.1 cm³/mol. The van der Waals surface area contributed by atoms with E-state index in [0.717, 1.165) is 23.1 Å². The molecule has 2 amide bonds. The van der Waals surface area contributed by atoms with Crippen LogP contribution in [0.15, 0.2) is 48.5 Å². The lowest BCUT2D eigenvalue weighted by Crippen LogP contribution is -2.47. The molecule has 1 unspecified atom stereocenters. The second-order valence-electron chi connectivity index (χ2n) is 6.21. The molecular formula is C20H21FN2O2. The number of nitrogens with zero attached hydrogens (tertiary/aromatic N) is 1. The van der Waals surface area contributed by atoms with Gasteiger partial charge in [-0.25, -0.2) is 4.39 Å². The molecule has 5 heteroatoms. The molecule has 0 aliphatic carbocycles. The van der Waals surface area contributed by atoms with Crippen LogP contribution in [-0.2, 0) is 22.6 Å². The Morgan fingerprint density at radius 3 is 2.64 bits per heavy atom. The van der Waals surface area contributed by atoms with Crippen molar-refractivity contribution >= 4 is 11.8 Å². The molecule has 0 radical (unpaired) electrons. The van der Waals surface area contributed by atoms with Crippen molar-refractivity contribution in [3.63, 3.8) is 0 Å². The SMILES string of the molecule is CCCN1C(=O)Cc2ccccc2C1C(=O)NCc1ccc(F)cc1. The molecule has 0 saturated carbocycles. The van der Waals surface area contributed by atoms with Crippen LogP contribution in [-0.4, -0.2) is 23.3 Å². The van der Waals surface area contributed by atoms with Crippen molar-refractivity contribution in [3.8, 4) is 0 Å². The van der Waals surface area contributed by atoms with Gasteiger partial charge in [0, 0.05) is 13.1 Å². The van der Waals surface area contributed by atoms with E-state index < -0.39 is 6.04 Å². The van der Waals surface area contributed by atoms with E-state index in [2.05, 4.69) is 5.32 Å². The van der Waals surface area contributed by atoms with Gasteiger partial charge in [-0.1, -0.05) is 43.3 Å². The second-order valence-corrected chi connectivity index (χ2v) is 6.21. The topological polar surface area (TPSA) is 49.4 Å². The van der Waals surface area contributed by atoms with Crippen molar-refractivity contribution < 1.29 is 14.0 Å². The molecule has 4 nitrogen and oxygen atoms in total. The zero-order valence-corrected chi connectivity index (χ0v) is 14.2. The number of carbonyl (C=O) groups is 2. The van der Waals surface area contributed by atoms with Gasteiger partial charge < -0.3 is 10.2 Å². The molecule has 1 N–H and O–H groups in total. The minimum absolute atomic E-state index is 0.0255. The number of carbonyl (C=O) groups excluding carboxylic acids is 2. The summed E-state index contributed by atoms with van der Waals surface area (Å²) in [5.74, 6) is -0.545. The summed E-state index contributed by atoms with van der Waals surface area (Å²) in [6.07, 6.45) is 1.12. The Bertz CT molecular complexity index is 774. The minimum atomic E-state index is -0.613. The average molecular weight is 340 g/mol. The van der Waals surface area contributed by atoms with Crippen molar-refractivity contribution in [3.05, 3.63) is 71.0 Å². The van der Waals surface area contributed by atoms with Gasteiger partial charge in [0.1, 0.15) is 11.9 Å². The zero-order chi connectivity index (χ0) is 17.8. The van der Waals surface area contributed by atoms with Gasteiger partial charge in [0.15, 0.2) is 0 Å². The van der Waals surface area contributed by atoms with E-state index in [9.17, 15) is 14.0 Å². The molecule has 1 atom stereocenters. The van der Waals surface area contributed by atoms with Crippen molar-refractivity contribution in [2.45, 2.75) is 32.4 Å². The maximum absolute atomic E-state index is 13.0. The number of benzene rings is 2. The molecule has 3 rings (SSSR count). The van der Waals surface area contributed by atoms with E-state index in [1.54, 1.807) is 17.0 Å². The first-order valence-electron chi connectivity index (χ1n) is 8.49. The first-order valence-corrected chi connectivity index (χ1v) is 8.49. The summed E-state index contributed by atoms with van der Waals surface area (Å²) in [7, 11) is 0. The molecule has 1 heterocycles. The lowest BCUT2D eigenvalue weighted by atomic mass is 9.91. The number of amides is 2. The van der Waals surface area contributed by atoms with E-state index in [1.165, 1.54) is 12.1 Å². The molecule has 0 saturated heterocycles. The smallest absolute Gasteiger partial charge is 0.247 e. The summed E-state index contributed by atoms with van der Waals surface area (Å²) in [5.41, 5.74) is 2.60. The Hall–Kier alpha value is -2.69. The Morgan fingerprint density at radius 2 is 1.92 bits per heavy atom. The van der Waals surface area contributed by atoms with Gasteiger partial charge >= 0.3 is 0 Å². The van der Waals surface area contributed by atoms with Crippen molar-refractivity contribution in [2.24, 2.45) is 0 Å². The average Bonchev–Trinajstić information content (AvgIpc) is 2.62. The van der Waals surface area contributed by atoms with Crippen LogP contribution < -0.4 is 5.32 Å². The summed E-state index contributed by atoms with van der Waals surface area (Å²) in [6.45, 7) is 2.83. The Balaban J connectivity index is 1.82. The third-order valence-corrected chi connectivity index (χ3v) is 4.42. The van der Waals surface area contributed by atoms with Crippen molar-refractivity contribution in [1.29, 1.82) is 0 Å². The van der Waals surface area contributed by atoms with Gasteiger partial charge in [-0.15, -0.1) is 0 Å². The summed E-state index contributed by atoms with van der Waals surface area (Å²) in [4.78, 5) is 27.0. The van der Waals surface area contributed by atoms with Crippen LogP contribution in [0.2, 0.25) is 0 Å². The third-order valence-electron chi connectivity index (χ3n) is 4.42. The fourth-order valence-electron chi connectivity index (χ4n) is 3.20. The normalized spacial score (nSPS) is 16.5. The lowest BCUT2D eigenvalue weighted by molar-refractivity contribution is -0.141. The zero-order valence-electron chi connectivity index (χ0n) is 14.2. The fraction of sp³-hybridized carbons (Fsp3) is 0.300. The maximum Gasteiger partial charge on any atom is 0.247 e. The molecule has 0 fully saturated rings. The predicted octanol–water partition coefficient (Wildman–Crippen LogP) is 2.98. The van der Waals surface area contributed by atoms with Crippen LogP contribution in [0, 0.1) is 5.82 Å². The minimum Gasteiger partial charge on any atom is -0.350 e. The van der Waals surface area contributed by atoms with E-state index in [4.69, 9.17) is 0 Å². The second kappa shape index (κ2) is 7.47. The molecule has 0 aromatic heterocycles. The highest BCUT2D eigenvalue weighted by Crippen LogP contribution is 2.30. The van der Waals surface area contributed by atoms with Crippen LogP contribution >= 0.6 is 0 Å². The van der Waals surface area contributed by atoms with Gasteiger partial charge in [0.2, 0.25) is 11.8 Å². The first-order chi connectivity index (χ1) is 12.1. The number of rotatable bonds is 5. The molecule has 130 valence electrons. The number of nitrogens with one attached hydrogen (secondary N) is 1. The van der Waals surface area contributed by atoms with Gasteiger partial charge in [-0.05, 0) is 35.2 Å². The van der Waals surface area contributed by atoms with Gasteiger partial charge in [-0.3, -0.25) is 9.59 Å². The first kappa shape index (κ1) is 17.1. The summed E-state index contributed by atoms with van der Waals surface area (Å²) in [5, 5.41) is 2.88. The molecule has 1 aliphatic heterocycles. The molecule has 0 spiro atoms. The number of hydrogen-bond acceptors (Lipinski definition) is 2. The summed E-state index contributed by atoms with van der Waals surface area (Å²) < 4.78 is 13.0. The lowest BCUT2D eigenvalue weighted by Gasteiger charge is -2.36. The largest absolute Gasteiger partial charge is 0.350 e. The molecule has 2 aromatic rings. The molecule has 2 aromatic carbocycles. The van der Waals surface area contributed by atoms with E-state index in [0.29, 0.717) is 19.5 Å².